The maximum Gasteiger partial charge on any atom is 0.573 e. The summed E-state index contributed by atoms with van der Waals surface area (Å²) in [6.07, 6.45) is -0.468. The molecule has 1 aliphatic carbocycles. The number of rotatable bonds is 10. The van der Waals surface area contributed by atoms with E-state index in [0.717, 1.165) is 62.1 Å². The first-order valence-corrected chi connectivity index (χ1v) is 15.5. The minimum absolute atomic E-state index is 0.141. The van der Waals surface area contributed by atoms with Crippen molar-refractivity contribution in [3.63, 3.8) is 0 Å². The maximum absolute atomic E-state index is 15.1. The molecule has 1 fully saturated rings. The Morgan fingerprint density at radius 2 is 1.22 bits per heavy atom. The van der Waals surface area contributed by atoms with Crippen molar-refractivity contribution in [2.75, 3.05) is 0 Å². The molecular weight excluding hydrogens is 666 g/mol. The summed E-state index contributed by atoms with van der Waals surface area (Å²) in [5.41, 5.74) is -1.48. The van der Waals surface area contributed by atoms with Crippen LogP contribution in [0.3, 0.4) is 0 Å². The Kier molecular flexibility index (Phi) is 10.6. The molecule has 1 aliphatic rings. The number of hydrogen-bond acceptors (Lipinski definition) is 2. The summed E-state index contributed by atoms with van der Waals surface area (Å²) in [6, 6.07) is 10.9. The Balaban J connectivity index is 1.27. The monoisotopic (exact) mass is 696 g/mol. The first-order chi connectivity index (χ1) is 23.1. The first-order valence-electron chi connectivity index (χ1n) is 15.5. The van der Waals surface area contributed by atoms with Crippen molar-refractivity contribution in [2.45, 2.75) is 63.8 Å². The van der Waals surface area contributed by atoms with E-state index in [2.05, 4.69) is 10.8 Å². The number of halogens is 10. The second-order valence-corrected chi connectivity index (χ2v) is 11.9. The highest BCUT2D eigenvalue weighted by atomic mass is 19.4. The van der Waals surface area contributed by atoms with E-state index in [1.165, 1.54) is 18.2 Å². The molecule has 0 saturated heterocycles. The van der Waals surface area contributed by atoms with Gasteiger partial charge in [0.2, 0.25) is 5.75 Å². The number of ether oxygens (including phenoxy) is 2. The van der Waals surface area contributed by atoms with Crippen LogP contribution in [0.1, 0.15) is 62.5 Å². The van der Waals surface area contributed by atoms with Crippen LogP contribution in [0.2, 0.25) is 0 Å². The molecular formula is C37H30F10O2. The van der Waals surface area contributed by atoms with E-state index in [-0.39, 0.29) is 22.6 Å². The van der Waals surface area contributed by atoms with Gasteiger partial charge in [-0.1, -0.05) is 36.4 Å². The van der Waals surface area contributed by atoms with Gasteiger partial charge in [0.25, 0.3) is 0 Å². The zero-order valence-electron chi connectivity index (χ0n) is 26.0. The maximum atomic E-state index is 15.1. The van der Waals surface area contributed by atoms with Crippen LogP contribution in [0.25, 0.3) is 22.3 Å². The molecule has 0 unspecified atom stereocenters. The van der Waals surface area contributed by atoms with Gasteiger partial charge in [-0.05, 0) is 122 Å². The van der Waals surface area contributed by atoms with Crippen LogP contribution in [0.4, 0.5) is 43.9 Å². The van der Waals surface area contributed by atoms with Gasteiger partial charge in [-0.15, -0.1) is 13.2 Å². The molecule has 0 aliphatic heterocycles. The summed E-state index contributed by atoms with van der Waals surface area (Å²) in [5, 5.41) is 0. The summed E-state index contributed by atoms with van der Waals surface area (Å²) < 4.78 is 149. The molecule has 0 heterocycles. The molecule has 0 atom stereocenters. The SMILES string of the molecule is CC=CCCC1CCC(c2cc(F)c(C(F)(F)Oc3ccc(-c4ccc(-c5cc(F)c(OC(F)(F)F)c(F)c5)c(F)c4)cc3)c(F)c2)CC1. The molecule has 12 heteroatoms. The van der Waals surface area contributed by atoms with Crippen molar-refractivity contribution >= 4 is 0 Å². The zero-order chi connectivity index (χ0) is 35.5. The average molecular weight is 697 g/mol. The van der Waals surface area contributed by atoms with E-state index in [0.29, 0.717) is 36.5 Å². The third-order valence-corrected chi connectivity index (χ3v) is 8.58. The van der Waals surface area contributed by atoms with Gasteiger partial charge in [0.15, 0.2) is 11.6 Å². The van der Waals surface area contributed by atoms with Gasteiger partial charge in [0.05, 0.1) is 0 Å². The highest BCUT2D eigenvalue weighted by molar-refractivity contribution is 5.72. The summed E-state index contributed by atoms with van der Waals surface area (Å²) in [6.45, 7) is 1.95. The highest BCUT2D eigenvalue weighted by Gasteiger charge is 2.41. The zero-order valence-corrected chi connectivity index (χ0v) is 26.0. The molecule has 0 amide bonds. The molecule has 0 N–H and O–H groups in total. The predicted molar refractivity (Wildman–Crippen MR) is 163 cm³/mol. The van der Waals surface area contributed by atoms with Gasteiger partial charge in [-0.3, -0.25) is 0 Å². The average Bonchev–Trinajstić information content (AvgIpc) is 3.02. The Morgan fingerprint density at radius 1 is 0.653 bits per heavy atom. The molecule has 0 spiro atoms. The van der Waals surface area contributed by atoms with Crippen LogP contribution in [-0.4, -0.2) is 6.36 Å². The van der Waals surface area contributed by atoms with E-state index in [1.807, 2.05) is 13.0 Å². The smallest absolute Gasteiger partial charge is 0.429 e. The van der Waals surface area contributed by atoms with Crippen LogP contribution < -0.4 is 9.47 Å². The fourth-order valence-corrected chi connectivity index (χ4v) is 6.16. The Hall–Kier alpha value is -4.48. The van der Waals surface area contributed by atoms with Crippen molar-refractivity contribution in [2.24, 2.45) is 5.92 Å². The molecule has 4 aromatic carbocycles. The standard InChI is InChI=1S/C37H30F10O2/c1-2-3-4-5-21-6-8-23(9-7-21)25-17-30(39)34(31(40)18-25)36(43,44)48-27-13-10-22(11-14-27)24-12-15-28(29(38)16-24)26-19-32(41)35(33(42)20-26)49-37(45,46)47/h2-3,10-21,23H,4-9H2,1H3. The van der Waals surface area contributed by atoms with Gasteiger partial charge in [0.1, 0.15) is 28.8 Å². The van der Waals surface area contributed by atoms with Crippen LogP contribution in [-0.2, 0) is 6.11 Å². The fraction of sp³-hybridized carbons (Fsp3) is 0.297. The van der Waals surface area contributed by atoms with E-state index >= 15 is 17.6 Å². The van der Waals surface area contributed by atoms with Gasteiger partial charge < -0.3 is 9.47 Å². The molecule has 260 valence electrons. The molecule has 2 nitrogen and oxygen atoms in total. The Morgan fingerprint density at radius 3 is 1.78 bits per heavy atom. The molecule has 5 rings (SSSR count). The largest absolute Gasteiger partial charge is 0.573 e. The van der Waals surface area contributed by atoms with Crippen molar-refractivity contribution in [3.8, 4) is 33.8 Å². The second kappa shape index (κ2) is 14.6. The fourth-order valence-electron chi connectivity index (χ4n) is 6.16. The molecule has 4 aromatic rings. The van der Waals surface area contributed by atoms with Crippen LogP contribution in [0.15, 0.2) is 78.9 Å². The molecule has 0 bridgehead atoms. The summed E-state index contributed by atoms with van der Waals surface area (Å²) in [4.78, 5) is 0. The van der Waals surface area contributed by atoms with Crippen molar-refractivity contribution in [3.05, 3.63) is 119 Å². The minimum Gasteiger partial charge on any atom is -0.429 e. The van der Waals surface area contributed by atoms with Gasteiger partial charge >= 0.3 is 12.5 Å². The van der Waals surface area contributed by atoms with Crippen molar-refractivity contribution in [1.82, 2.24) is 0 Å². The van der Waals surface area contributed by atoms with Crippen LogP contribution in [0.5, 0.6) is 11.5 Å². The lowest BCUT2D eigenvalue weighted by Crippen LogP contribution is -2.25. The van der Waals surface area contributed by atoms with Crippen LogP contribution >= 0.6 is 0 Å². The topological polar surface area (TPSA) is 18.5 Å². The number of benzene rings is 4. The third kappa shape index (κ3) is 8.58. The summed E-state index contributed by atoms with van der Waals surface area (Å²) >= 11 is 0. The number of alkyl halides is 5. The molecule has 0 aromatic heterocycles. The lowest BCUT2D eigenvalue weighted by atomic mass is 9.77. The van der Waals surface area contributed by atoms with Gasteiger partial charge in [-0.2, -0.15) is 8.78 Å². The van der Waals surface area contributed by atoms with Gasteiger partial charge in [0, 0.05) is 5.56 Å². The van der Waals surface area contributed by atoms with Crippen LogP contribution in [0, 0.1) is 35.0 Å². The molecule has 49 heavy (non-hydrogen) atoms. The van der Waals surface area contributed by atoms with Crippen molar-refractivity contribution in [1.29, 1.82) is 0 Å². The van der Waals surface area contributed by atoms with Gasteiger partial charge in [-0.25, -0.2) is 22.0 Å². The lowest BCUT2D eigenvalue weighted by molar-refractivity contribution is -0.276. The van der Waals surface area contributed by atoms with E-state index in [1.54, 1.807) is 0 Å². The third-order valence-electron chi connectivity index (χ3n) is 8.58. The van der Waals surface area contributed by atoms with Crippen molar-refractivity contribution < 1.29 is 53.4 Å². The summed E-state index contributed by atoms with van der Waals surface area (Å²) in [5.74, 6) is -9.02. The minimum atomic E-state index is -5.35. The highest BCUT2D eigenvalue weighted by Crippen LogP contribution is 2.42. The van der Waals surface area contributed by atoms with E-state index in [4.69, 9.17) is 4.74 Å². The molecule has 0 radical (unpaired) electrons. The number of hydrogen-bond donors (Lipinski definition) is 0. The molecule has 1 saturated carbocycles. The van der Waals surface area contributed by atoms with E-state index < -0.39 is 64.2 Å². The predicted octanol–water partition coefficient (Wildman–Crippen LogP) is 12.4. The lowest BCUT2D eigenvalue weighted by Gasteiger charge is -2.29. The van der Waals surface area contributed by atoms with E-state index in [9.17, 15) is 26.3 Å². The Labute approximate surface area is 276 Å². The summed E-state index contributed by atoms with van der Waals surface area (Å²) in [7, 11) is 0. The second-order valence-electron chi connectivity index (χ2n) is 11.9. The first kappa shape index (κ1) is 35.8. The Bertz CT molecular complexity index is 1760. The normalized spacial score (nSPS) is 17.0. The quantitative estimate of drug-likeness (QED) is 0.121. The number of allylic oxidation sites excluding steroid dienone is 2.